The Bertz CT molecular complexity index is 1110. The smallest absolute Gasteiger partial charge is 0.227 e. The predicted octanol–water partition coefficient (Wildman–Crippen LogP) is 3.49. The molecule has 5 nitrogen and oxygen atoms in total. The molecule has 0 saturated carbocycles. The number of nitrogens with zero attached hydrogens (tertiary/aromatic N) is 1. The molecule has 1 atom stereocenters. The van der Waals surface area contributed by atoms with E-state index in [4.69, 9.17) is 4.74 Å². The highest BCUT2D eigenvalue weighted by Gasteiger charge is 2.46. The lowest BCUT2D eigenvalue weighted by atomic mass is 9.89. The number of hydrogen-bond donors (Lipinski definition) is 1. The van der Waals surface area contributed by atoms with Crippen LogP contribution in [0.5, 0.6) is 5.75 Å². The zero-order chi connectivity index (χ0) is 19.3. The first-order valence-corrected chi connectivity index (χ1v) is 9.38. The number of carbonyl (C=O) groups excluding carboxylic acids is 2. The Hall–Kier alpha value is -3.15. The quantitative estimate of drug-likeness (QED) is 0.743. The Kier molecular flexibility index (Phi) is 3.75. The first kappa shape index (κ1) is 17.0. The molecule has 0 bridgehead atoms. The Morgan fingerprint density at radius 3 is 3.00 bits per heavy atom. The molecule has 2 aliphatic rings. The van der Waals surface area contributed by atoms with E-state index in [1.165, 1.54) is 12.1 Å². The number of halogens is 1. The third-order valence-corrected chi connectivity index (χ3v) is 5.74. The first-order chi connectivity index (χ1) is 13.5. The number of Topliss-reactive ketones (excluding diaryl/α,β-unsaturated/α-hetero) is 1. The number of H-pyrrole nitrogens is 1. The zero-order valence-electron chi connectivity index (χ0n) is 15.2. The molecule has 1 aromatic heterocycles. The summed E-state index contributed by atoms with van der Waals surface area (Å²) in [5.74, 6) is 0.339. The summed E-state index contributed by atoms with van der Waals surface area (Å²) in [6.07, 6.45) is 2.91. The number of ketones is 1. The molecule has 6 heteroatoms. The lowest BCUT2D eigenvalue weighted by Crippen LogP contribution is -2.45. The van der Waals surface area contributed by atoms with Crippen LogP contribution in [0, 0.1) is 5.82 Å². The number of amides is 1. The highest BCUT2D eigenvalue weighted by atomic mass is 19.1. The monoisotopic (exact) mass is 378 g/mol. The van der Waals surface area contributed by atoms with E-state index < -0.39 is 5.60 Å². The van der Waals surface area contributed by atoms with Gasteiger partial charge in [0.25, 0.3) is 0 Å². The van der Waals surface area contributed by atoms with Gasteiger partial charge >= 0.3 is 0 Å². The highest BCUT2D eigenvalue weighted by molar-refractivity contribution is 6.00. The van der Waals surface area contributed by atoms with Crippen LogP contribution in [0.1, 0.15) is 28.8 Å². The summed E-state index contributed by atoms with van der Waals surface area (Å²) in [6, 6.07) is 11.8. The third-order valence-electron chi connectivity index (χ3n) is 5.74. The second-order valence-corrected chi connectivity index (χ2v) is 7.63. The molecule has 142 valence electrons. The van der Waals surface area contributed by atoms with Crippen LogP contribution in [0.15, 0.2) is 48.7 Å². The highest BCUT2D eigenvalue weighted by Crippen LogP contribution is 2.38. The summed E-state index contributed by atoms with van der Waals surface area (Å²) in [5, 5.41) is 0.849. The van der Waals surface area contributed by atoms with Gasteiger partial charge < -0.3 is 14.6 Å². The van der Waals surface area contributed by atoms with Crippen LogP contribution in [0.4, 0.5) is 4.39 Å². The average Bonchev–Trinajstić information content (AvgIpc) is 3.26. The lowest BCUT2D eigenvalue weighted by Gasteiger charge is -2.34. The van der Waals surface area contributed by atoms with Crippen molar-refractivity contribution in [2.24, 2.45) is 0 Å². The number of likely N-dealkylation sites (tertiary alicyclic amines) is 1. The van der Waals surface area contributed by atoms with Gasteiger partial charge in [-0.25, -0.2) is 4.39 Å². The topological polar surface area (TPSA) is 62.4 Å². The number of carbonyl (C=O) groups is 2. The molecule has 1 N–H and O–H groups in total. The van der Waals surface area contributed by atoms with Gasteiger partial charge in [0, 0.05) is 30.1 Å². The molecule has 1 saturated heterocycles. The Morgan fingerprint density at radius 2 is 2.11 bits per heavy atom. The molecule has 0 aliphatic carbocycles. The molecule has 1 unspecified atom stereocenters. The van der Waals surface area contributed by atoms with Gasteiger partial charge in [0.2, 0.25) is 5.91 Å². The SMILES string of the molecule is O=C1CC2(CCN(C(=O)Cc3c[nH]c4cc(F)ccc34)C2)Oc2ccccc21. The molecule has 1 spiro atoms. The van der Waals surface area contributed by atoms with Crippen molar-refractivity contribution < 1.29 is 18.7 Å². The minimum Gasteiger partial charge on any atom is -0.484 e. The maximum Gasteiger partial charge on any atom is 0.227 e. The minimum absolute atomic E-state index is 0.0167. The zero-order valence-corrected chi connectivity index (χ0v) is 15.2. The molecule has 1 fully saturated rings. The number of rotatable bonds is 2. The van der Waals surface area contributed by atoms with Crippen molar-refractivity contribution in [2.45, 2.75) is 24.9 Å². The fraction of sp³-hybridized carbons (Fsp3) is 0.273. The van der Waals surface area contributed by atoms with E-state index in [2.05, 4.69) is 4.98 Å². The van der Waals surface area contributed by atoms with Crippen molar-refractivity contribution in [3.8, 4) is 5.75 Å². The molecule has 5 rings (SSSR count). The second kappa shape index (κ2) is 6.19. The van der Waals surface area contributed by atoms with E-state index in [9.17, 15) is 14.0 Å². The number of hydrogen-bond acceptors (Lipinski definition) is 3. The largest absolute Gasteiger partial charge is 0.484 e. The maximum absolute atomic E-state index is 13.4. The fourth-order valence-corrected chi connectivity index (χ4v) is 4.31. The Morgan fingerprint density at radius 1 is 1.25 bits per heavy atom. The van der Waals surface area contributed by atoms with E-state index in [0.717, 1.165) is 10.9 Å². The molecule has 2 aliphatic heterocycles. The molecular weight excluding hydrogens is 359 g/mol. The van der Waals surface area contributed by atoms with E-state index in [1.54, 1.807) is 23.2 Å². The maximum atomic E-state index is 13.4. The standard InChI is InChI=1S/C22H19FN2O3/c23-15-5-6-16-14(12-24-18(16)10-15)9-21(27)25-8-7-22(13-25)11-19(26)17-3-1-2-4-20(17)28-22/h1-6,10,12,24H,7-9,11,13H2. The minimum atomic E-state index is -0.634. The van der Waals surface area contributed by atoms with Gasteiger partial charge in [0.05, 0.1) is 24.9 Å². The Balaban J connectivity index is 1.33. The normalized spacial score (nSPS) is 21.2. The first-order valence-electron chi connectivity index (χ1n) is 9.38. The molecular formula is C22H19FN2O3. The Labute approximate surface area is 161 Å². The van der Waals surface area contributed by atoms with Gasteiger partial charge in [-0.15, -0.1) is 0 Å². The molecule has 28 heavy (non-hydrogen) atoms. The van der Waals surface area contributed by atoms with Gasteiger partial charge in [-0.2, -0.15) is 0 Å². The molecule has 3 aromatic rings. The summed E-state index contributed by atoms with van der Waals surface area (Å²) in [6.45, 7) is 0.966. The van der Waals surface area contributed by atoms with E-state index in [-0.39, 0.29) is 23.9 Å². The van der Waals surface area contributed by atoms with Crippen molar-refractivity contribution in [1.82, 2.24) is 9.88 Å². The van der Waals surface area contributed by atoms with Gasteiger partial charge in [-0.1, -0.05) is 12.1 Å². The van der Waals surface area contributed by atoms with Crippen LogP contribution < -0.4 is 4.74 Å². The average molecular weight is 378 g/mol. The summed E-state index contributed by atoms with van der Waals surface area (Å²) < 4.78 is 19.5. The van der Waals surface area contributed by atoms with Crippen molar-refractivity contribution in [2.75, 3.05) is 13.1 Å². The van der Waals surface area contributed by atoms with Crippen molar-refractivity contribution in [3.63, 3.8) is 0 Å². The summed E-state index contributed by atoms with van der Waals surface area (Å²) in [5.41, 5.74) is 1.50. The van der Waals surface area contributed by atoms with Crippen molar-refractivity contribution in [3.05, 3.63) is 65.6 Å². The van der Waals surface area contributed by atoms with E-state index >= 15 is 0 Å². The number of fused-ring (bicyclic) bond motifs is 2. The van der Waals surface area contributed by atoms with Crippen LogP contribution in [0.2, 0.25) is 0 Å². The van der Waals surface area contributed by atoms with Crippen LogP contribution in [-0.2, 0) is 11.2 Å². The number of para-hydroxylation sites is 1. The van der Waals surface area contributed by atoms with Crippen molar-refractivity contribution in [1.29, 1.82) is 0 Å². The summed E-state index contributed by atoms with van der Waals surface area (Å²) in [7, 11) is 0. The number of benzene rings is 2. The fourth-order valence-electron chi connectivity index (χ4n) is 4.31. The van der Waals surface area contributed by atoms with Crippen LogP contribution >= 0.6 is 0 Å². The molecule has 3 heterocycles. The molecule has 0 radical (unpaired) electrons. The summed E-state index contributed by atoms with van der Waals surface area (Å²) in [4.78, 5) is 30.2. The van der Waals surface area contributed by atoms with E-state index in [1.807, 2.05) is 18.2 Å². The van der Waals surface area contributed by atoms with Crippen molar-refractivity contribution >= 4 is 22.6 Å². The van der Waals surface area contributed by atoms with Gasteiger partial charge in [0.1, 0.15) is 17.2 Å². The van der Waals surface area contributed by atoms with Gasteiger partial charge in [0.15, 0.2) is 5.78 Å². The van der Waals surface area contributed by atoms with Gasteiger partial charge in [-0.3, -0.25) is 9.59 Å². The van der Waals surface area contributed by atoms with Crippen LogP contribution in [0.25, 0.3) is 10.9 Å². The van der Waals surface area contributed by atoms with Crippen LogP contribution in [-0.4, -0.2) is 40.3 Å². The predicted molar refractivity (Wildman–Crippen MR) is 102 cm³/mol. The second-order valence-electron chi connectivity index (χ2n) is 7.63. The molecule has 1 amide bonds. The summed E-state index contributed by atoms with van der Waals surface area (Å²) >= 11 is 0. The van der Waals surface area contributed by atoms with Crippen LogP contribution in [0.3, 0.4) is 0 Å². The number of ether oxygens (including phenoxy) is 1. The van der Waals surface area contributed by atoms with E-state index in [0.29, 0.717) is 42.8 Å². The lowest BCUT2D eigenvalue weighted by molar-refractivity contribution is -0.130. The number of nitrogens with one attached hydrogen (secondary N) is 1. The molecule has 2 aromatic carbocycles. The third kappa shape index (κ3) is 2.76. The number of aromatic nitrogens is 1. The van der Waals surface area contributed by atoms with Gasteiger partial charge in [-0.05, 0) is 35.9 Å². The number of aromatic amines is 1.